The fourth-order valence-electron chi connectivity index (χ4n) is 5.17. The average Bonchev–Trinajstić information content (AvgIpc) is 3.44. The van der Waals surface area contributed by atoms with Gasteiger partial charge in [-0.05, 0) is 49.1 Å². The Labute approximate surface area is 256 Å². The highest BCUT2D eigenvalue weighted by atomic mass is 32.2. The summed E-state index contributed by atoms with van der Waals surface area (Å²) in [6.45, 7) is 3.12. The number of ether oxygens (including phenoxy) is 1. The summed E-state index contributed by atoms with van der Waals surface area (Å²) in [5, 5.41) is 13.0. The highest BCUT2D eigenvalue weighted by molar-refractivity contribution is 7.90. The molecule has 2 N–H and O–H groups in total. The molecule has 0 aliphatic carbocycles. The van der Waals surface area contributed by atoms with Crippen LogP contribution >= 0.6 is 0 Å². The number of benzene rings is 3. The summed E-state index contributed by atoms with van der Waals surface area (Å²) in [4.78, 5) is 35.1. The van der Waals surface area contributed by atoms with E-state index in [1.165, 1.54) is 9.80 Å². The van der Waals surface area contributed by atoms with E-state index in [-0.39, 0.29) is 17.5 Å². The molecule has 1 aliphatic heterocycles. The van der Waals surface area contributed by atoms with Crippen LogP contribution in [-0.2, 0) is 31.5 Å². The number of fused-ring (bicyclic) bond motifs is 1. The number of aryl methyl sites for hydroxylation is 1. The van der Waals surface area contributed by atoms with Crippen LogP contribution in [0.1, 0.15) is 24.5 Å². The maximum absolute atomic E-state index is 14.4. The van der Waals surface area contributed by atoms with Crippen molar-refractivity contribution in [3.63, 3.8) is 0 Å². The van der Waals surface area contributed by atoms with Crippen molar-refractivity contribution >= 4 is 38.9 Å². The van der Waals surface area contributed by atoms with Gasteiger partial charge in [-0.25, -0.2) is 13.2 Å². The Morgan fingerprint density at radius 2 is 1.68 bits per heavy atom. The molecule has 0 spiro atoms. The molecule has 5 rings (SSSR count). The Balaban J connectivity index is 1.47. The van der Waals surface area contributed by atoms with E-state index in [4.69, 9.17) is 9.15 Å². The van der Waals surface area contributed by atoms with E-state index < -0.39 is 39.6 Å². The van der Waals surface area contributed by atoms with Crippen LogP contribution in [0.2, 0.25) is 0 Å². The zero-order valence-electron chi connectivity index (χ0n) is 24.5. The van der Waals surface area contributed by atoms with E-state index in [0.29, 0.717) is 61.4 Å². The van der Waals surface area contributed by atoms with Gasteiger partial charge in [-0.2, -0.15) is 4.98 Å². The molecule has 11 nitrogen and oxygen atoms in total. The van der Waals surface area contributed by atoms with Crippen molar-refractivity contribution in [2.75, 3.05) is 37.0 Å². The quantitative estimate of drug-likeness (QED) is 0.257. The topological polar surface area (TPSA) is 142 Å². The van der Waals surface area contributed by atoms with Crippen LogP contribution in [0.15, 0.2) is 83.3 Å². The molecule has 1 aromatic heterocycles. The maximum Gasteiger partial charge on any atom is 0.318 e. The molecule has 0 bridgehead atoms. The Hall–Kier alpha value is -4.42. The molecule has 1 unspecified atom stereocenters. The van der Waals surface area contributed by atoms with Gasteiger partial charge in [0.05, 0.1) is 24.7 Å². The van der Waals surface area contributed by atoms with Gasteiger partial charge in [-0.1, -0.05) is 60.7 Å². The van der Waals surface area contributed by atoms with Gasteiger partial charge in [0, 0.05) is 19.1 Å². The highest BCUT2D eigenvalue weighted by Crippen LogP contribution is 2.27. The minimum Gasteiger partial charge on any atom is -0.508 e. The number of nitrogens with zero attached hydrogens (tertiary/aromatic N) is 3. The third-order valence-electron chi connectivity index (χ3n) is 7.53. The summed E-state index contributed by atoms with van der Waals surface area (Å²) < 4.78 is 38.3. The molecule has 0 saturated carbocycles. The summed E-state index contributed by atoms with van der Waals surface area (Å²) in [6.07, 6.45) is 0.817. The molecule has 2 heterocycles. The zero-order chi connectivity index (χ0) is 31.1. The Bertz CT molecular complexity index is 1650. The first-order valence-corrected chi connectivity index (χ1v) is 16.4. The Kier molecular flexibility index (Phi) is 9.81. The number of phenols is 1. The van der Waals surface area contributed by atoms with Crippen LogP contribution in [0.3, 0.4) is 0 Å². The predicted octanol–water partition coefficient (Wildman–Crippen LogP) is 3.91. The zero-order valence-corrected chi connectivity index (χ0v) is 25.3. The fraction of sp³-hybridized carbons (Fsp3) is 0.344. The largest absolute Gasteiger partial charge is 0.508 e. The second-order valence-corrected chi connectivity index (χ2v) is 12.9. The van der Waals surface area contributed by atoms with Crippen LogP contribution in [0, 0.1) is 0 Å². The van der Waals surface area contributed by atoms with Gasteiger partial charge in [-0.15, -0.1) is 0 Å². The van der Waals surface area contributed by atoms with E-state index >= 15 is 0 Å². The number of sulfone groups is 1. The maximum atomic E-state index is 14.4. The number of aromatic nitrogens is 1. The van der Waals surface area contributed by atoms with Crippen LogP contribution in [0.4, 0.5) is 10.8 Å². The SMILES string of the molecule is CC(CCc1ccccc1O)N(C(=O)[C@H](CS(=O)(=O)Cc1ccccc1)NC(=O)N1CCOCC1)c1nc2ccccc2o1. The van der Waals surface area contributed by atoms with Gasteiger partial charge in [0.15, 0.2) is 15.4 Å². The standard InChI is InChI=1S/C32H36N4O7S/c1-23(15-16-25-11-5-7-13-28(25)37)36(32-34-26-12-6-8-14-29(26)43-32)30(38)27(33-31(39)35-17-19-42-20-18-35)22-44(40,41)21-24-9-3-2-4-10-24/h2-14,23,27,37H,15-22H2,1H3,(H,33,39)/t23?,27-/m0/s1. The number of rotatable bonds is 11. The van der Waals surface area contributed by atoms with E-state index in [1.54, 1.807) is 79.7 Å². The summed E-state index contributed by atoms with van der Waals surface area (Å²) in [5.74, 6) is -1.45. The first-order chi connectivity index (χ1) is 21.2. The summed E-state index contributed by atoms with van der Waals surface area (Å²) in [5.41, 5.74) is 2.26. The molecule has 232 valence electrons. The lowest BCUT2D eigenvalue weighted by Gasteiger charge is -2.32. The number of carbonyl (C=O) groups is 2. The van der Waals surface area contributed by atoms with Gasteiger partial charge >= 0.3 is 12.0 Å². The van der Waals surface area contributed by atoms with Crippen molar-refractivity contribution in [2.45, 2.75) is 37.6 Å². The van der Waals surface area contributed by atoms with Crippen LogP contribution < -0.4 is 10.2 Å². The molecule has 3 amide bonds. The lowest BCUT2D eigenvalue weighted by atomic mass is 10.0. The van der Waals surface area contributed by atoms with Gasteiger partial charge < -0.3 is 24.5 Å². The number of carbonyl (C=O) groups excluding carboxylic acids is 2. The average molecular weight is 621 g/mol. The first-order valence-electron chi connectivity index (χ1n) is 14.5. The molecular formula is C32H36N4O7S. The fourth-order valence-corrected chi connectivity index (χ4v) is 6.72. The van der Waals surface area contributed by atoms with E-state index in [0.717, 1.165) is 0 Å². The number of hydrogen-bond donors (Lipinski definition) is 2. The number of phenolic OH excluding ortho intramolecular Hbond substituents is 1. The van der Waals surface area contributed by atoms with Crippen molar-refractivity contribution in [3.05, 3.63) is 90.0 Å². The lowest BCUT2D eigenvalue weighted by Crippen LogP contribution is -2.58. The van der Waals surface area contributed by atoms with Crippen molar-refractivity contribution in [3.8, 4) is 5.75 Å². The van der Waals surface area contributed by atoms with Gasteiger partial charge in [-0.3, -0.25) is 9.69 Å². The Morgan fingerprint density at radius 1 is 1.00 bits per heavy atom. The second-order valence-electron chi connectivity index (χ2n) is 10.8. The minimum atomic E-state index is -3.87. The molecule has 4 aromatic rings. The first kappa shape index (κ1) is 31.0. The molecule has 3 aromatic carbocycles. The number of urea groups is 1. The molecule has 0 radical (unpaired) electrons. The summed E-state index contributed by atoms with van der Waals surface area (Å²) >= 11 is 0. The molecule has 1 fully saturated rings. The van der Waals surface area contributed by atoms with Crippen LogP contribution in [0.5, 0.6) is 5.75 Å². The van der Waals surface area contributed by atoms with E-state index in [1.807, 2.05) is 6.07 Å². The summed E-state index contributed by atoms with van der Waals surface area (Å²) in [7, 11) is -3.87. The van der Waals surface area contributed by atoms with Crippen molar-refractivity contribution in [1.29, 1.82) is 0 Å². The molecule has 44 heavy (non-hydrogen) atoms. The lowest BCUT2D eigenvalue weighted by molar-refractivity contribution is -0.120. The predicted molar refractivity (Wildman–Crippen MR) is 166 cm³/mol. The summed E-state index contributed by atoms with van der Waals surface area (Å²) in [6, 6.07) is 20.1. The third kappa shape index (κ3) is 7.74. The molecular weight excluding hydrogens is 584 g/mol. The smallest absolute Gasteiger partial charge is 0.318 e. The monoisotopic (exact) mass is 620 g/mol. The van der Waals surface area contributed by atoms with Crippen molar-refractivity contribution in [2.24, 2.45) is 0 Å². The van der Waals surface area contributed by atoms with E-state index in [9.17, 15) is 23.1 Å². The molecule has 2 atom stereocenters. The van der Waals surface area contributed by atoms with Crippen LogP contribution in [0.25, 0.3) is 11.1 Å². The Morgan fingerprint density at radius 3 is 2.41 bits per heavy atom. The van der Waals surface area contributed by atoms with Crippen molar-refractivity contribution < 1.29 is 32.3 Å². The minimum absolute atomic E-state index is 0.00735. The van der Waals surface area contributed by atoms with Gasteiger partial charge in [0.1, 0.15) is 17.3 Å². The van der Waals surface area contributed by atoms with Gasteiger partial charge in [0.25, 0.3) is 5.91 Å². The normalized spacial score (nSPS) is 15.1. The third-order valence-corrected chi connectivity index (χ3v) is 9.15. The molecule has 12 heteroatoms. The number of anilines is 1. The number of aromatic hydroxyl groups is 1. The number of amides is 3. The van der Waals surface area contributed by atoms with Gasteiger partial charge in [0.2, 0.25) is 0 Å². The highest BCUT2D eigenvalue weighted by Gasteiger charge is 2.37. The number of para-hydroxylation sites is 3. The molecule has 1 aliphatic rings. The molecule has 1 saturated heterocycles. The number of oxazole rings is 1. The number of nitrogens with one attached hydrogen (secondary N) is 1. The second kappa shape index (κ2) is 13.9. The van der Waals surface area contributed by atoms with Crippen LogP contribution in [-0.4, -0.2) is 79.5 Å². The number of hydrogen-bond acceptors (Lipinski definition) is 8. The van der Waals surface area contributed by atoms with E-state index in [2.05, 4.69) is 10.3 Å². The number of morpholine rings is 1. The van der Waals surface area contributed by atoms with Crippen molar-refractivity contribution in [1.82, 2.24) is 15.2 Å².